The summed E-state index contributed by atoms with van der Waals surface area (Å²) >= 11 is 1.48. The average Bonchev–Trinajstić information content (AvgIpc) is 3.63. The Morgan fingerprint density at radius 3 is 1.91 bits per heavy atom. The minimum atomic E-state index is -4.20. The monoisotopic (exact) mass is 1080 g/mol. The van der Waals surface area contributed by atoms with E-state index in [0.29, 0.717) is 18.8 Å². The van der Waals surface area contributed by atoms with Gasteiger partial charge in [0.15, 0.2) is 25.0 Å². The lowest BCUT2D eigenvalue weighted by Crippen LogP contribution is -2.54. The van der Waals surface area contributed by atoms with E-state index in [1.807, 2.05) is 33.1 Å². The number of aryl methyl sites for hydroxylation is 1. The third-order valence-corrected chi connectivity index (χ3v) is 35.0. The van der Waals surface area contributed by atoms with E-state index < -0.39 is 73.3 Å². The molecule has 2 fully saturated rings. The maximum Gasteiger partial charge on any atom is 0.342 e. The van der Waals surface area contributed by atoms with Gasteiger partial charge in [-0.3, -0.25) is 23.7 Å². The number of carbonyl (C=O) groups is 2. The molecule has 0 aromatic carbocycles. The molecule has 1 aromatic heterocycles. The van der Waals surface area contributed by atoms with Crippen molar-refractivity contribution in [1.29, 1.82) is 0 Å². The Bertz CT molecular complexity index is 1860. The molecule has 3 heterocycles. The molecule has 0 spiro atoms. The Hall–Kier alpha value is -0.699. The van der Waals surface area contributed by atoms with Crippen LogP contribution in [0.1, 0.15) is 161 Å². The van der Waals surface area contributed by atoms with E-state index in [4.69, 9.17) is 32.2 Å². The number of carbonyl (C=O) groups excluding carboxylic acids is 2. The van der Waals surface area contributed by atoms with Gasteiger partial charge in [-0.1, -0.05) is 96.4 Å². The number of fused-ring (bicyclic) bond motifs is 1. The third-order valence-electron chi connectivity index (χ3n) is 17.7. The molecule has 408 valence electrons. The molecule has 2 saturated heterocycles. The molecule has 4 unspecified atom stereocenters. The first-order valence-electron chi connectivity index (χ1n) is 27.1. The number of ketones is 1. The van der Waals surface area contributed by atoms with E-state index in [-0.39, 0.29) is 60.5 Å². The predicted octanol–water partition coefficient (Wildman–Crippen LogP) is 13.2. The highest BCUT2D eigenvalue weighted by molar-refractivity contribution is 7.98. The second-order valence-corrected chi connectivity index (χ2v) is 40.4. The topological polar surface area (TPSA) is 148 Å². The number of rotatable bonds is 23. The summed E-state index contributed by atoms with van der Waals surface area (Å²) in [5, 5.41) is 19.1. The van der Waals surface area contributed by atoms with Crippen molar-refractivity contribution in [3.05, 3.63) is 11.8 Å². The number of nitrogens with zero attached hydrogens (tertiary/aromatic N) is 3. The second-order valence-electron chi connectivity index (χ2n) is 23.3. The Kier molecular flexibility index (Phi) is 23.1. The van der Waals surface area contributed by atoms with Crippen molar-refractivity contribution in [2.45, 2.75) is 250 Å². The van der Waals surface area contributed by atoms with Crippen molar-refractivity contribution in [2.24, 2.45) is 24.3 Å². The van der Waals surface area contributed by atoms with Crippen LogP contribution in [0.15, 0.2) is 11.1 Å². The molecule has 18 heteroatoms. The van der Waals surface area contributed by atoms with Crippen molar-refractivity contribution in [2.75, 3.05) is 32.6 Å². The number of Topliss-reactive ketones (excluding diaryl/α,β-unsaturated/α-hetero) is 1. The van der Waals surface area contributed by atoms with E-state index in [2.05, 4.69) is 94.2 Å². The van der Waals surface area contributed by atoms with Crippen molar-refractivity contribution < 1.29 is 46.3 Å². The summed E-state index contributed by atoms with van der Waals surface area (Å²) < 4.78 is 57.5. The molecule has 0 bridgehead atoms. The second kappa shape index (κ2) is 25.4. The van der Waals surface area contributed by atoms with E-state index in [1.165, 1.54) is 11.8 Å². The Morgan fingerprint density at radius 2 is 1.44 bits per heavy atom. The minimum Gasteiger partial charge on any atom is -0.459 e. The molecule has 13 nitrogen and oxygen atoms in total. The molecular weight excluding hydrogens is 974 g/mol. The highest BCUT2D eigenvalue weighted by Gasteiger charge is 2.63. The van der Waals surface area contributed by atoms with Gasteiger partial charge in [0.1, 0.15) is 23.1 Å². The zero-order valence-corrected chi connectivity index (χ0v) is 52.8. The van der Waals surface area contributed by atoms with Crippen LogP contribution < -0.4 is 0 Å². The van der Waals surface area contributed by atoms with Crippen LogP contribution in [0.2, 0.25) is 54.4 Å². The number of cyclic esters (lactones) is 1. The molecule has 0 radical (unpaired) electrons. The third kappa shape index (κ3) is 14.2. The number of hydrogen-bond donors (Lipinski definition) is 1. The fourth-order valence-corrected chi connectivity index (χ4v) is 21.1. The summed E-state index contributed by atoms with van der Waals surface area (Å²) in [5.41, 5.74) is -4.50. The summed E-state index contributed by atoms with van der Waals surface area (Å²) in [6, 6.07) is 7.08. The first-order chi connectivity index (χ1) is 32.4. The maximum atomic E-state index is 15.5. The van der Waals surface area contributed by atoms with Gasteiger partial charge < -0.3 is 32.2 Å². The van der Waals surface area contributed by atoms with Crippen molar-refractivity contribution in [3.63, 3.8) is 0 Å². The highest BCUT2D eigenvalue weighted by atomic mass is 32.2. The van der Waals surface area contributed by atoms with E-state index in [0.717, 1.165) is 60.6 Å². The minimum absolute atomic E-state index is 0.0199. The van der Waals surface area contributed by atoms with E-state index in [1.54, 1.807) is 32.5 Å². The number of esters is 1. The van der Waals surface area contributed by atoms with Crippen LogP contribution in [0.3, 0.4) is 0 Å². The SMILES string of the molecule is CCOP(=O)(OCC)C(c1cc(SC)n(C)n1)C(C)(O)C1C[C@@H]2N(CCO[Si](C)(C)C(C)(C)C)[C@]2(C)CCC[C@H](C)[C@H](O[Si](CC)(CC)CC)[C@@H](C)C(=O)C(C)(C)[C@@H](O[Si](CC)(CC)CC)CC(=O)O1. The molecule has 0 amide bonds. The smallest absolute Gasteiger partial charge is 0.342 e. The van der Waals surface area contributed by atoms with Crippen LogP contribution >= 0.6 is 19.4 Å². The quantitative estimate of drug-likeness (QED) is 0.0365. The number of hydrogen-bond acceptors (Lipinski definition) is 13. The van der Waals surface area contributed by atoms with Crippen LogP contribution in [0.25, 0.3) is 0 Å². The van der Waals surface area contributed by atoms with Crippen LogP contribution in [-0.4, -0.2) is 125 Å². The van der Waals surface area contributed by atoms with Crippen molar-refractivity contribution in [3.8, 4) is 0 Å². The molecule has 2 aliphatic heterocycles. The molecule has 70 heavy (non-hydrogen) atoms. The average molecular weight is 1080 g/mol. The molecule has 1 N–H and O–H groups in total. The van der Waals surface area contributed by atoms with Gasteiger partial charge in [0.05, 0.1) is 42.6 Å². The van der Waals surface area contributed by atoms with E-state index >= 15 is 14.2 Å². The van der Waals surface area contributed by atoms with Crippen LogP contribution in [-0.2, 0) is 48.3 Å². The summed E-state index contributed by atoms with van der Waals surface area (Å²) in [6.45, 7) is 41.3. The molecule has 1 aromatic rings. The number of thioether (sulfide) groups is 1. The Morgan fingerprint density at radius 1 is 0.914 bits per heavy atom. The first-order valence-corrected chi connectivity index (χ1v) is 37.9. The molecule has 0 aliphatic carbocycles. The number of ether oxygens (including phenoxy) is 1. The lowest BCUT2D eigenvalue weighted by Gasteiger charge is -2.44. The lowest BCUT2D eigenvalue weighted by molar-refractivity contribution is -0.170. The standard InChI is InChI=1S/C52H102N3O10PSSi3/c1-22-60-66(59,61-23-2)48(40-35-44(67-19)54(18)53-40)52(17,58)43-36-41-51(16,55(41)33-34-62-68(20,21)49(11,12)13)32-30-31-38(9)46(65-70(27-6,28-7)29-8)39(10)47(57)50(14,15)42(37-45(56)63-43)64-69(24-3,25-4)26-5/h35,38-39,41-43,46,48,58H,22-34,36-37H2,1-21H3/t38-,39+,41-,42-,43?,46-,48?,51+,52?,55?/m0/s1. The normalized spacial score (nSPS) is 28.2. The van der Waals surface area contributed by atoms with Gasteiger partial charge in [0, 0.05) is 49.5 Å². The van der Waals surface area contributed by atoms with Gasteiger partial charge in [-0.25, -0.2) is 0 Å². The molecule has 3 rings (SSSR count). The first kappa shape index (κ1) is 63.6. The number of aliphatic hydroxyl groups is 1. The Labute approximate surface area is 434 Å². The molecule has 10 atom stereocenters. The molecular formula is C52H102N3O10PSSi3. The van der Waals surface area contributed by atoms with Gasteiger partial charge in [-0.2, -0.15) is 5.10 Å². The molecule has 0 saturated carbocycles. The summed E-state index contributed by atoms with van der Waals surface area (Å²) in [5.74, 6) is -0.956. The molecule has 2 aliphatic rings. The number of aromatic nitrogens is 2. The largest absolute Gasteiger partial charge is 0.459 e. The fourth-order valence-electron chi connectivity index (χ4n) is 11.2. The zero-order valence-electron chi connectivity index (χ0n) is 48.0. The lowest BCUT2D eigenvalue weighted by atomic mass is 9.73. The fraction of sp³-hybridized carbons (Fsp3) is 0.904. The van der Waals surface area contributed by atoms with Crippen LogP contribution in [0, 0.1) is 17.3 Å². The van der Waals surface area contributed by atoms with Crippen molar-refractivity contribution in [1.82, 2.24) is 14.7 Å². The van der Waals surface area contributed by atoms with Gasteiger partial charge in [0.2, 0.25) is 0 Å². The van der Waals surface area contributed by atoms with Crippen LogP contribution in [0.4, 0.5) is 0 Å². The zero-order chi connectivity index (χ0) is 53.5. The van der Waals surface area contributed by atoms with Gasteiger partial charge in [-0.05, 0) is 113 Å². The van der Waals surface area contributed by atoms with Crippen molar-refractivity contribution >= 4 is 56.1 Å². The van der Waals surface area contributed by atoms with Crippen LogP contribution in [0.5, 0.6) is 0 Å². The Balaban J connectivity index is 2.38. The summed E-state index contributed by atoms with van der Waals surface area (Å²) in [7, 11) is -9.10. The summed E-state index contributed by atoms with van der Waals surface area (Å²) in [4.78, 5) is 33.1. The summed E-state index contributed by atoms with van der Waals surface area (Å²) in [6.07, 6.45) is 2.20. The maximum absolute atomic E-state index is 15.5. The van der Waals surface area contributed by atoms with E-state index in [9.17, 15) is 5.11 Å². The van der Waals surface area contributed by atoms with Gasteiger partial charge in [0.25, 0.3) is 0 Å². The highest BCUT2D eigenvalue weighted by Crippen LogP contribution is 2.66. The van der Waals surface area contributed by atoms with Gasteiger partial charge in [-0.15, -0.1) is 11.8 Å². The predicted molar refractivity (Wildman–Crippen MR) is 295 cm³/mol. The van der Waals surface area contributed by atoms with Gasteiger partial charge >= 0.3 is 13.6 Å².